The number of methoxy groups -OCH3 is 1. The molecule has 0 radical (unpaired) electrons. The van der Waals surface area contributed by atoms with E-state index in [2.05, 4.69) is 24.3 Å². The second-order valence-corrected chi connectivity index (χ2v) is 9.16. The molecule has 6 heteroatoms. The van der Waals surface area contributed by atoms with Gasteiger partial charge >= 0.3 is 0 Å². The van der Waals surface area contributed by atoms with E-state index in [0.717, 1.165) is 22.3 Å². The lowest BCUT2D eigenvalue weighted by Gasteiger charge is -2.45. The molecule has 3 aromatic rings. The topological polar surface area (TPSA) is 66.9 Å². The maximum atomic E-state index is 13.8. The number of hydrogen-bond acceptors (Lipinski definition) is 4. The lowest BCUT2D eigenvalue weighted by atomic mass is 9.55. The highest BCUT2D eigenvalue weighted by Crippen LogP contribution is 2.60. The fourth-order valence-corrected chi connectivity index (χ4v) is 6.15. The van der Waals surface area contributed by atoms with Crippen molar-refractivity contribution in [1.29, 1.82) is 0 Å². The van der Waals surface area contributed by atoms with Crippen LogP contribution in [-0.4, -0.2) is 36.4 Å². The monoisotopic (exact) mass is 452 g/mol. The van der Waals surface area contributed by atoms with Gasteiger partial charge in [-0.05, 0) is 46.5 Å². The van der Waals surface area contributed by atoms with Gasteiger partial charge in [-0.15, -0.1) is 0 Å². The molecule has 0 saturated carbocycles. The molecule has 1 heterocycles. The van der Waals surface area contributed by atoms with E-state index in [0.29, 0.717) is 11.4 Å². The molecule has 1 saturated heterocycles. The first-order chi connectivity index (χ1) is 16.5. The largest absolute Gasteiger partial charge is 0.497 e. The highest BCUT2D eigenvalue weighted by Gasteiger charge is 2.61. The molecule has 2 bridgehead atoms. The van der Waals surface area contributed by atoms with Gasteiger partial charge in [-0.2, -0.15) is 0 Å². The number of anilines is 1. The lowest BCUT2D eigenvalue weighted by Crippen LogP contribution is -2.44. The molecule has 2 atom stereocenters. The van der Waals surface area contributed by atoms with E-state index in [1.165, 1.54) is 16.7 Å². The Morgan fingerprint density at radius 2 is 1.24 bits per heavy atom. The number of rotatable bonds is 4. The van der Waals surface area contributed by atoms with Crippen LogP contribution in [0.1, 0.15) is 41.0 Å². The third kappa shape index (κ3) is 2.78. The van der Waals surface area contributed by atoms with Crippen LogP contribution in [0, 0.1) is 11.8 Å². The summed E-state index contributed by atoms with van der Waals surface area (Å²) < 4.78 is 5.21. The van der Waals surface area contributed by atoms with Crippen LogP contribution in [0.4, 0.5) is 5.69 Å². The van der Waals surface area contributed by atoms with Gasteiger partial charge in [0.15, 0.2) is 0 Å². The molecule has 6 nitrogen and oxygen atoms in total. The Hall–Kier alpha value is -3.93. The summed E-state index contributed by atoms with van der Waals surface area (Å²) in [5, 5.41) is 0. The van der Waals surface area contributed by atoms with Gasteiger partial charge in [0.1, 0.15) is 12.4 Å². The molecule has 1 aliphatic heterocycles. The van der Waals surface area contributed by atoms with Gasteiger partial charge in [0.25, 0.3) is 0 Å². The number of hydrogen-bond donors (Lipinski definition) is 0. The summed E-state index contributed by atoms with van der Waals surface area (Å²) in [5.74, 6) is -1.19. The molecule has 3 amide bonds. The number of likely N-dealkylation sites (tertiary alicyclic amines) is 1. The van der Waals surface area contributed by atoms with Crippen molar-refractivity contribution in [2.24, 2.45) is 11.8 Å². The molecule has 170 valence electrons. The highest BCUT2D eigenvalue weighted by molar-refractivity contribution is 6.08. The Morgan fingerprint density at radius 3 is 1.62 bits per heavy atom. The molecule has 0 aromatic heterocycles. The zero-order valence-corrected chi connectivity index (χ0v) is 19.0. The van der Waals surface area contributed by atoms with E-state index in [1.54, 1.807) is 31.4 Å². The molecule has 1 fully saturated rings. The summed E-state index contributed by atoms with van der Waals surface area (Å²) >= 11 is 0. The summed E-state index contributed by atoms with van der Waals surface area (Å²) in [7, 11) is 1.57. The third-order valence-corrected chi connectivity index (χ3v) is 7.59. The number of nitrogens with zero attached hydrogens (tertiary/aromatic N) is 2. The Balaban J connectivity index is 1.40. The Morgan fingerprint density at radius 1 is 0.794 bits per heavy atom. The smallest absolute Gasteiger partial charge is 0.235 e. The number of ether oxygens (including phenoxy) is 1. The van der Waals surface area contributed by atoms with E-state index in [1.807, 2.05) is 24.3 Å². The van der Waals surface area contributed by atoms with E-state index in [9.17, 15) is 14.4 Å². The maximum absolute atomic E-state index is 13.8. The van der Waals surface area contributed by atoms with Crippen LogP contribution in [-0.2, 0) is 14.4 Å². The summed E-state index contributed by atoms with van der Waals surface area (Å²) in [6.45, 7) is 1.34. The van der Waals surface area contributed by atoms with Crippen molar-refractivity contribution in [1.82, 2.24) is 4.90 Å². The van der Waals surface area contributed by atoms with E-state index in [-0.39, 0.29) is 36.2 Å². The van der Waals surface area contributed by atoms with Crippen LogP contribution >= 0.6 is 0 Å². The molecular formula is C28H24N2O4. The quantitative estimate of drug-likeness (QED) is 0.563. The van der Waals surface area contributed by atoms with E-state index >= 15 is 0 Å². The lowest BCUT2D eigenvalue weighted by molar-refractivity contribution is -0.140. The fourth-order valence-electron chi connectivity index (χ4n) is 6.15. The molecule has 34 heavy (non-hydrogen) atoms. The second-order valence-electron chi connectivity index (χ2n) is 9.16. The molecule has 7 rings (SSSR count). The van der Waals surface area contributed by atoms with Gasteiger partial charge in [-0.25, -0.2) is 0 Å². The Bertz CT molecular complexity index is 1220. The van der Waals surface area contributed by atoms with Crippen molar-refractivity contribution in [3.63, 3.8) is 0 Å². The van der Waals surface area contributed by atoms with Crippen molar-refractivity contribution in [3.8, 4) is 5.75 Å². The van der Waals surface area contributed by atoms with Crippen LogP contribution in [0.3, 0.4) is 0 Å². The molecule has 0 N–H and O–H groups in total. The number of amides is 3. The van der Waals surface area contributed by atoms with E-state index in [4.69, 9.17) is 4.74 Å². The highest BCUT2D eigenvalue weighted by atomic mass is 16.5. The normalized spacial score (nSPS) is 23.9. The maximum Gasteiger partial charge on any atom is 0.235 e. The number of carbonyl (C=O) groups excluding carboxylic acids is 3. The van der Waals surface area contributed by atoms with Gasteiger partial charge in [0.05, 0.1) is 18.9 Å². The van der Waals surface area contributed by atoms with Gasteiger partial charge in [-0.3, -0.25) is 24.2 Å². The van der Waals surface area contributed by atoms with Crippen molar-refractivity contribution in [3.05, 3.63) is 95.1 Å². The van der Waals surface area contributed by atoms with Gasteiger partial charge in [0, 0.05) is 24.4 Å². The van der Waals surface area contributed by atoms with Crippen molar-refractivity contribution in [2.75, 3.05) is 18.7 Å². The van der Waals surface area contributed by atoms with E-state index < -0.39 is 11.8 Å². The first-order valence-corrected chi connectivity index (χ1v) is 11.5. The number of carbonyl (C=O) groups is 3. The zero-order valence-electron chi connectivity index (χ0n) is 19.0. The summed E-state index contributed by atoms with van der Waals surface area (Å²) in [4.78, 5) is 42.9. The molecule has 4 aliphatic rings. The molecule has 3 aromatic carbocycles. The number of benzene rings is 3. The SMILES string of the molecule is COc1ccc(N(CN2C(=O)C3C4c5ccccc5C(c5ccccc54)C3C2=O)C(C)=O)cc1. The minimum absolute atomic E-state index is 0.0988. The molecule has 3 aliphatic carbocycles. The molecule has 0 spiro atoms. The third-order valence-electron chi connectivity index (χ3n) is 7.59. The first kappa shape index (κ1) is 20.7. The van der Waals surface area contributed by atoms with Crippen LogP contribution < -0.4 is 9.64 Å². The molecule has 2 unspecified atom stereocenters. The fraction of sp³-hybridized carbons (Fsp3) is 0.250. The Kier molecular flexibility index (Phi) is 4.59. The van der Waals surface area contributed by atoms with Crippen molar-refractivity contribution >= 4 is 23.4 Å². The predicted molar refractivity (Wildman–Crippen MR) is 126 cm³/mol. The van der Waals surface area contributed by atoms with Gasteiger partial charge < -0.3 is 4.74 Å². The predicted octanol–water partition coefficient (Wildman–Crippen LogP) is 3.90. The minimum atomic E-state index is -0.452. The van der Waals surface area contributed by atoms with Crippen molar-refractivity contribution < 1.29 is 19.1 Å². The zero-order chi connectivity index (χ0) is 23.6. The Labute approximate surface area is 197 Å². The van der Waals surface area contributed by atoms with Crippen molar-refractivity contribution in [2.45, 2.75) is 18.8 Å². The number of imide groups is 1. The average Bonchev–Trinajstić information content (AvgIpc) is 3.12. The summed E-state index contributed by atoms with van der Waals surface area (Å²) in [5.41, 5.74) is 5.14. The van der Waals surface area contributed by atoms with Gasteiger partial charge in [-0.1, -0.05) is 48.5 Å². The van der Waals surface area contributed by atoms with Crippen LogP contribution in [0.2, 0.25) is 0 Å². The standard InChI is InChI=1S/C28H24N2O4/c1-16(31)29(17-11-13-18(34-2)14-12-17)15-30-27(32)25-23-19-7-3-4-8-20(19)24(26(25)28(30)33)22-10-6-5-9-21(22)23/h3-14,23-26H,15H2,1-2H3. The average molecular weight is 453 g/mol. The second kappa shape index (κ2) is 7.55. The van der Waals surface area contributed by atoms with Gasteiger partial charge in [0.2, 0.25) is 17.7 Å². The minimum Gasteiger partial charge on any atom is -0.497 e. The van der Waals surface area contributed by atoms with Crippen LogP contribution in [0.25, 0.3) is 0 Å². The molecular weight excluding hydrogens is 428 g/mol. The van der Waals surface area contributed by atoms with Crippen LogP contribution in [0.5, 0.6) is 5.75 Å². The first-order valence-electron chi connectivity index (χ1n) is 11.5. The summed E-state index contributed by atoms with van der Waals surface area (Å²) in [6, 6.07) is 23.3. The summed E-state index contributed by atoms with van der Waals surface area (Å²) in [6.07, 6.45) is 0. The van der Waals surface area contributed by atoms with Crippen LogP contribution in [0.15, 0.2) is 72.8 Å².